The van der Waals surface area contributed by atoms with Crippen molar-refractivity contribution in [2.45, 2.75) is 32.6 Å². The van der Waals surface area contributed by atoms with E-state index in [-0.39, 0.29) is 5.57 Å². The van der Waals surface area contributed by atoms with Gasteiger partial charge in [-0.25, -0.2) is 0 Å². The first kappa shape index (κ1) is 17.3. The van der Waals surface area contributed by atoms with E-state index in [0.717, 1.165) is 11.1 Å². The Kier molecular flexibility index (Phi) is 5.60. The van der Waals surface area contributed by atoms with E-state index in [1.54, 1.807) is 0 Å². The fourth-order valence-electron chi connectivity index (χ4n) is 3.27. The molecular formula is C23H22F2. The lowest BCUT2D eigenvalue weighted by Gasteiger charge is -2.11. The van der Waals surface area contributed by atoms with Crippen LogP contribution in [0.15, 0.2) is 78.4 Å². The Morgan fingerprint density at radius 2 is 1.36 bits per heavy atom. The van der Waals surface area contributed by atoms with Gasteiger partial charge in [-0.2, -0.15) is 8.78 Å². The largest absolute Gasteiger partial charge is 0.269 e. The zero-order valence-corrected chi connectivity index (χ0v) is 14.4. The molecule has 0 N–H and O–H groups in total. The summed E-state index contributed by atoms with van der Waals surface area (Å²) in [7, 11) is 0. The Balaban J connectivity index is 1.72. The highest BCUT2D eigenvalue weighted by Gasteiger charge is 2.10. The van der Waals surface area contributed by atoms with E-state index in [0.29, 0.717) is 25.7 Å². The maximum absolute atomic E-state index is 13.4. The topological polar surface area (TPSA) is 0 Å². The molecule has 0 radical (unpaired) electrons. The van der Waals surface area contributed by atoms with Gasteiger partial charge in [-0.15, -0.1) is 0 Å². The number of halogens is 2. The molecule has 2 heteroatoms. The van der Waals surface area contributed by atoms with Crippen LogP contribution in [0.1, 0.15) is 29.5 Å². The van der Waals surface area contributed by atoms with Gasteiger partial charge in [0.05, 0.1) is 0 Å². The van der Waals surface area contributed by atoms with E-state index >= 15 is 0 Å². The van der Waals surface area contributed by atoms with Crippen LogP contribution in [0.5, 0.6) is 0 Å². The first-order chi connectivity index (χ1) is 12.1. The lowest BCUT2D eigenvalue weighted by atomic mass is 9.94. The van der Waals surface area contributed by atoms with Crippen LogP contribution in [-0.4, -0.2) is 0 Å². The van der Waals surface area contributed by atoms with Crippen molar-refractivity contribution in [2.24, 2.45) is 0 Å². The number of hydrogen-bond acceptors (Lipinski definition) is 0. The molecule has 0 spiro atoms. The first-order valence-electron chi connectivity index (χ1n) is 8.69. The third-order valence-electron chi connectivity index (χ3n) is 4.75. The van der Waals surface area contributed by atoms with Gasteiger partial charge >= 0.3 is 0 Å². The third kappa shape index (κ3) is 4.33. The number of fused-ring (bicyclic) bond motifs is 1. The Bertz CT molecular complexity index is 875. The number of hydrogen-bond donors (Lipinski definition) is 0. The average Bonchev–Trinajstić information content (AvgIpc) is 2.64. The molecule has 0 aliphatic heterocycles. The van der Waals surface area contributed by atoms with Crippen LogP contribution in [0.3, 0.4) is 0 Å². The minimum absolute atomic E-state index is 0.272. The van der Waals surface area contributed by atoms with E-state index in [4.69, 9.17) is 0 Å². The summed E-state index contributed by atoms with van der Waals surface area (Å²) in [5, 5.41) is 2.37. The van der Waals surface area contributed by atoms with Crippen molar-refractivity contribution in [3.05, 3.63) is 95.1 Å². The molecule has 0 aliphatic rings. The summed E-state index contributed by atoms with van der Waals surface area (Å²) in [6, 6.07) is 22.2. The van der Waals surface area contributed by atoms with Crippen molar-refractivity contribution in [1.29, 1.82) is 0 Å². The van der Waals surface area contributed by atoms with Crippen molar-refractivity contribution in [1.82, 2.24) is 0 Å². The minimum atomic E-state index is -1.52. The Hall–Kier alpha value is -2.48. The predicted molar refractivity (Wildman–Crippen MR) is 101 cm³/mol. The normalized spacial score (nSPS) is 10.8. The molecule has 0 aliphatic carbocycles. The molecule has 0 heterocycles. The number of benzene rings is 3. The smallest absolute Gasteiger partial charge is 0.173 e. The lowest BCUT2D eigenvalue weighted by Crippen LogP contribution is -1.96. The molecule has 0 amide bonds. The first-order valence-corrected chi connectivity index (χ1v) is 8.69. The van der Waals surface area contributed by atoms with E-state index in [1.807, 2.05) is 42.5 Å². The number of rotatable bonds is 6. The van der Waals surface area contributed by atoms with Gasteiger partial charge in [0.1, 0.15) is 0 Å². The Labute approximate surface area is 147 Å². The van der Waals surface area contributed by atoms with Crippen molar-refractivity contribution >= 4 is 10.8 Å². The standard InChI is InChI=1S/C23H22F2/c1-17-11-13-19(22-10-6-5-9-21(17)22)15-16-20(23(24)25)14-12-18-7-3-2-4-8-18/h2-11,13H,12,14-16H2,1H3. The van der Waals surface area contributed by atoms with Gasteiger partial charge in [-0.3, -0.25) is 0 Å². The van der Waals surface area contributed by atoms with Gasteiger partial charge in [-0.05, 0) is 65.6 Å². The summed E-state index contributed by atoms with van der Waals surface area (Å²) in [6.45, 7) is 2.08. The second-order valence-corrected chi connectivity index (χ2v) is 6.44. The highest BCUT2D eigenvalue weighted by atomic mass is 19.3. The number of allylic oxidation sites excluding steroid dienone is 1. The molecule has 128 valence electrons. The van der Waals surface area contributed by atoms with Gasteiger partial charge in [0, 0.05) is 0 Å². The summed E-state index contributed by atoms with van der Waals surface area (Å²) >= 11 is 0. The zero-order valence-electron chi connectivity index (χ0n) is 14.4. The molecule has 3 rings (SSSR count). The molecule has 0 atom stereocenters. The van der Waals surface area contributed by atoms with Gasteiger partial charge in [0.15, 0.2) is 0 Å². The summed E-state index contributed by atoms with van der Waals surface area (Å²) in [6.07, 6.45) is 0.593. The van der Waals surface area contributed by atoms with Gasteiger partial charge in [-0.1, -0.05) is 66.7 Å². The molecule has 0 saturated heterocycles. The van der Waals surface area contributed by atoms with E-state index < -0.39 is 6.08 Å². The van der Waals surface area contributed by atoms with E-state index in [1.165, 1.54) is 16.3 Å². The van der Waals surface area contributed by atoms with Crippen molar-refractivity contribution in [3.63, 3.8) is 0 Å². The molecule has 0 bridgehead atoms. The molecule has 0 nitrogen and oxygen atoms in total. The van der Waals surface area contributed by atoms with Crippen LogP contribution < -0.4 is 0 Å². The molecule has 0 unspecified atom stereocenters. The summed E-state index contributed by atoms with van der Waals surface area (Å²) in [4.78, 5) is 0. The van der Waals surface area contributed by atoms with Gasteiger partial charge in [0.25, 0.3) is 6.08 Å². The minimum Gasteiger partial charge on any atom is -0.173 e. The maximum atomic E-state index is 13.4. The fraction of sp³-hybridized carbons (Fsp3) is 0.217. The molecule has 0 fully saturated rings. The Morgan fingerprint density at radius 3 is 2.08 bits per heavy atom. The van der Waals surface area contributed by atoms with Crippen LogP contribution in [0.2, 0.25) is 0 Å². The lowest BCUT2D eigenvalue weighted by molar-refractivity contribution is 0.403. The van der Waals surface area contributed by atoms with Crippen LogP contribution in [-0.2, 0) is 12.8 Å². The van der Waals surface area contributed by atoms with Crippen LogP contribution in [0, 0.1) is 6.92 Å². The Morgan fingerprint density at radius 1 is 0.720 bits per heavy atom. The molecule has 0 saturated carbocycles. The third-order valence-corrected chi connectivity index (χ3v) is 4.75. The second kappa shape index (κ2) is 8.06. The molecule has 3 aromatic rings. The van der Waals surface area contributed by atoms with Crippen molar-refractivity contribution < 1.29 is 8.78 Å². The quantitative estimate of drug-likeness (QED) is 0.461. The van der Waals surface area contributed by atoms with Gasteiger partial charge < -0.3 is 0 Å². The molecule has 25 heavy (non-hydrogen) atoms. The summed E-state index contributed by atoms with van der Waals surface area (Å²) < 4.78 is 26.7. The van der Waals surface area contributed by atoms with Crippen LogP contribution in [0.4, 0.5) is 8.78 Å². The molecule has 3 aromatic carbocycles. The van der Waals surface area contributed by atoms with Crippen molar-refractivity contribution in [3.8, 4) is 0 Å². The van der Waals surface area contributed by atoms with Crippen molar-refractivity contribution in [2.75, 3.05) is 0 Å². The average molecular weight is 336 g/mol. The van der Waals surface area contributed by atoms with E-state index in [2.05, 4.69) is 31.2 Å². The fourth-order valence-corrected chi connectivity index (χ4v) is 3.27. The highest BCUT2D eigenvalue weighted by Crippen LogP contribution is 2.26. The maximum Gasteiger partial charge on any atom is 0.269 e. The monoisotopic (exact) mass is 336 g/mol. The summed E-state index contributed by atoms with van der Waals surface area (Å²) in [5.41, 5.74) is 3.73. The molecular weight excluding hydrogens is 314 g/mol. The predicted octanol–water partition coefficient (Wildman–Crippen LogP) is 6.86. The number of aryl methyl sites for hydroxylation is 3. The summed E-state index contributed by atoms with van der Waals surface area (Å²) in [5.74, 6) is 0. The van der Waals surface area contributed by atoms with E-state index in [9.17, 15) is 8.78 Å². The van der Waals surface area contributed by atoms with Gasteiger partial charge in [0.2, 0.25) is 0 Å². The SMILES string of the molecule is Cc1ccc(CCC(CCc2ccccc2)=C(F)F)c2ccccc12. The molecule has 0 aromatic heterocycles. The zero-order chi connectivity index (χ0) is 17.6. The second-order valence-electron chi connectivity index (χ2n) is 6.44. The van der Waals surface area contributed by atoms with Crippen LogP contribution >= 0.6 is 0 Å². The van der Waals surface area contributed by atoms with Crippen LogP contribution in [0.25, 0.3) is 10.8 Å². The highest BCUT2D eigenvalue weighted by molar-refractivity contribution is 5.88.